The molecule has 21 heavy (non-hydrogen) atoms. The molecule has 1 aromatic rings. The molecular weight excluding hydrogens is 311 g/mol. The Bertz CT molecular complexity index is 497. The Labute approximate surface area is 135 Å². The van der Waals surface area contributed by atoms with Crippen molar-refractivity contribution in [2.24, 2.45) is 0 Å². The fraction of sp³-hybridized carbons (Fsp3) is 0.533. The quantitative estimate of drug-likeness (QED) is 0.901. The minimum absolute atomic E-state index is 0.00266. The first-order chi connectivity index (χ1) is 10.1. The number of morpholine rings is 1. The van der Waals surface area contributed by atoms with Crippen molar-refractivity contribution in [3.63, 3.8) is 0 Å². The summed E-state index contributed by atoms with van der Waals surface area (Å²) >= 11 is 12.1. The lowest BCUT2D eigenvalue weighted by Gasteiger charge is -2.30. The minimum Gasteiger partial charge on any atom is -0.374 e. The first-order valence-electron chi connectivity index (χ1n) is 7.06. The monoisotopic (exact) mass is 330 g/mol. The highest BCUT2D eigenvalue weighted by Gasteiger charge is 2.18. The highest BCUT2D eigenvalue weighted by molar-refractivity contribution is 6.42. The fourth-order valence-corrected chi connectivity index (χ4v) is 2.71. The highest BCUT2D eigenvalue weighted by atomic mass is 35.5. The first-order valence-corrected chi connectivity index (χ1v) is 7.81. The van der Waals surface area contributed by atoms with Crippen LogP contribution in [0.15, 0.2) is 18.2 Å². The van der Waals surface area contributed by atoms with Crippen LogP contribution in [0.1, 0.15) is 12.0 Å². The number of nitrogens with zero attached hydrogens (tertiary/aromatic N) is 1. The van der Waals surface area contributed by atoms with Gasteiger partial charge in [-0.3, -0.25) is 4.79 Å². The summed E-state index contributed by atoms with van der Waals surface area (Å²) in [4.78, 5) is 14.1. The molecule has 6 heteroatoms. The molecule has 0 radical (unpaired) electrons. The molecule has 1 amide bonds. The van der Waals surface area contributed by atoms with E-state index in [2.05, 4.69) is 17.3 Å². The molecule has 0 spiro atoms. The summed E-state index contributed by atoms with van der Waals surface area (Å²) < 4.78 is 5.60. The van der Waals surface area contributed by atoms with Crippen LogP contribution in [-0.4, -0.2) is 50.2 Å². The van der Waals surface area contributed by atoms with Crippen LogP contribution in [0.4, 0.5) is 0 Å². The predicted octanol–water partition coefficient (Wildman–Crippen LogP) is 2.37. The topological polar surface area (TPSA) is 41.6 Å². The van der Waals surface area contributed by atoms with Crippen molar-refractivity contribution >= 4 is 29.1 Å². The van der Waals surface area contributed by atoms with Crippen molar-refractivity contribution in [1.29, 1.82) is 0 Å². The molecule has 1 saturated heterocycles. The normalized spacial score (nSPS) is 19.5. The molecule has 1 atom stereocenters. The number of benzene rings is 1. The van der Waals surface area contributed by atoms with Crippen LogP contribution in [-0.2, 0) is 16.0 Å². The van der Waals surface area contributed by atoms with Gasteiger partial charge in [-0.2, -0.15) is 0 Å². The van der Waals surface area contributed by atoms with Crippen LogP contribution in [0.25, 0.3) is 0 Å². The van der Waals surface area contributed by atoms with Crippen LogP contribution >= 0.6 is 23.2 Å². The summed E-state index contributed by atoms with van der Waals surface area (Å²) in [7, 11) is 2.05. The largest absolute Gasteiger partial charge is 0.374 e. The third kappa shape index (κ3) is 5.15. The number of ether oxygens (including phenoxy) is 1. The van der Waals surface area contributed by atoms with Crippen LogP contribution < -0.4 is 5.32 Å². The number of carbonyl (C=O) groups excluding carboxylic acids is 1. The van der Waals surface area contributed by atoms with Crippen molar-refractivity contribution < 1.29 is 9.53 Å². The van der Waals surface area contributed by atoms with Crippen molar-refractivity contribution in [2.75, 3.05) is 33.3 Å². The average molecular weight is 331 g/mol. The number of nitrogens with one attached hydrogen (secondary N) is 1. The number of carbonyl (C=O) groups is 1. The summed E-state index contributed by atoms with van der Waals surface area (Å²) in [5, 5.41) is 3.96. The van der Waals surface area contributed by atoms with Gasteiger partial charge in [-0.05, 0) is 25.1 Å². The minimum atomic E-state index is 0.00266. The standard InChI is InChI=1S/C15H20Cl2N2O2/c1-19-7-8-21-12(10-19)9-18-14(20)6-5-11-3-2-4-13(16)15(11)17/h2-4,12H,5-10H2,1H3,(H,18,20)/t12-/m0/s1. The maximum absolute atomic E-state index is 11.9. The molecule has 1 aromatic carbocycles. The van der Waals surface area contributed by atoms with E-state index >= 15 is 0 Å². The molecule has 0 saturated carbocycles. The van der Waals surface area contributed by atoms with Crippen molar-refractivity contribution in [1.82, 2.24) is 10.2 Å². The van der Waals surface area contributed by atoms with Gasteiger partial charge in [0.1, 0.15) is 0 Å². The lowest BCUT2D eigenvalue weighted by molar-refractivity contribution is -0.122. The number of amides is 1. The highest BCUT2D eigenvalue weighted by Crippen LogP contribution is 2.26. The molecule has 0 aliphatic carbocycles. The van der Waals surface area contributed by atoms with Gasteiger partial charge in [0.15, 0.2) is 0 Å². The van der Waals surface area contributed by atoms with E-state index < -0.39 is 0 Å². The second-order valence-corrected chi connectivity index (χ2v) is 6.06. The lowest BCUT2D eigenvalue weighted by atomic mass is 10.1. The molecule has 1 aliphatic heterocycles. The van der Waals surface area contributed by atoms with E-state index in [0.717, 1.165) is 25.3 Å². The van der Waals surface area contributed by atoms with Gasteiger partial charge in [0.25, 0.3) is 0 Å². The maximum atomic E-state index is 11.9. The Morgan fingerprint density at radius 3 is 3.05 bits per heavy atom. The van der Waals surface area contributed by atoms with Crippen molar-refractivity contribution in [3.05, 3.63) is 33.8 Å². The van der Waals surface area contributed by atoms with Gasteiger partial charge in [0.2, 0.25) is 5.91 Å². The number of aryl methyl sites for hydroxylation is 1. The number of hydrogen-bond donors (Lipinski definition) is 1. The SMILES string of the molecule is CN1CCO[C@@H](CNC(=O)CCc2cccc(Cl)c2Cl)C1. The molecule has 116 valence electrons. The Morgan fingerprint density at radius 2 is 2.29 bits per heavy atom. The van der Waals surface area contributed by atoms with Gasteiger partial charge in [-0.15, -0.1) is 0 Å². The van der Waals surface area contributed by atoms with E-state index in [4.69, 9.17) is 27.9 Å². The van der Waals surface area contributed by atoms with E-state index in [1.54, 1.807) is 6.07 Å². The second kappa shape index (κ2) is 7.99. The molecule has 1 N–H and O–H groups in total. The van der Waals surface area contributed by atoms with Crippen LogP contribution in [0.3, 0.4) is 0 Å². The summed E-state index contributed by atoms with van der Waals surface area (Å²) in [5.74, 6) is 0.00266. The Morgan fingerprint density at radius 1 is 1.48 bits per heavy atom. The van der Waals surface area contributed by atoms with Gasteiger partial charge < -0.3 is 15.0 Å². The smallest absolute Gasteiger partial charge is 0.220 e. The van der Waals surface area contributed by atoms with E-state index in [1.807, 2.05) is 12.1 Å². The van der Waals surface area contributed by atoms with Crippen LogP contribution in [0, 0.1) is 0 Å². The van der Waals surface area contributed by atoms with Crippen LogP contribution in [0.2, 0.25) is 10.0 Å². The third-order valence-corrected chi connectivity index (χ3v) is 4.38. The molecule has 1 aliphatic rings. The molecular formula is C15H20Cl2N2O2. The first kappa shape index (κ1) is 16.6. The van der Waals surface area contributed by atoms with Crippen LogP contribution in [0.5, 0.6) is 0 Å². The fourth-order valence-electron chi connectivity index (χ4n) is 2.30. The molecule has 0 bridgehead atoms. The third-order valence-electron chi connectivity index (χ3n) is 3.52. The number of rotatable bonds is 5. The number of halogens is 2. The van der Waals surface area contributed by atoms with Gasteiger partial charge in [-0.25, -0.2) is 0 Å². The summed E-state index contributed by atoms with van der Waals surface area (Å²) in [6, 6.07) is 5.47. The summed E-state index contributed by atoms with van der Waals surface area (Å²) in [6.07, 6.45) is 1.04. The van der Waals surface area contributed by atoms with Gasteiger partial charge in [0.05, 0.1) is 22.8 Å². The molecule has 4 nitrogen and oxygen atoms in total. The maximum Gasteiger partial charge on any atom is 0.220 e. The van der Waals surface area contributed by atoms with Gasteiger partial charge >= 0.3 is 0 Å². The molecule has 1 heterocycles. The number of hydrogen-bond acceptors (Lipinski definition) is 3. The zero-order valence-electron chi connectivity index (χ0n) is 12.1. The van der Waals surface area contributed by atoms with E-state index in [0.29, 0.717) is 29.4 Å². The number of likely N-dealkylation sites (N-methyl/N-ethyl adjacent to an activating group) is 1. The van der Waals surface area contributed by atoms with Gasteiger partial charge in [-0.1, -0.05) is 35.3 Å². The zero-order valence-corrected chi connectivity index (χ0v) is 13.6. The molecule has 0 unspecified atom stereocenters. The van der Waals surface area contributed by atoms with E-state index in [1.165, 1.54) is 0 Å². The summed E-state index contributed by atoms with van der Waals surface area (Å²) in [5.41, 5.74) is 0.896. The molecule has 0 aromatic heterocycles. The van der Waals surface area contributed by atoms with E-state index in [-0.39, 0.29) is 12.0 Å². The second-order valence-electron chi connectivity index (χ2n) is 5.27. The average Bonchev–Trinajstić information content (AvgIpc) is 2.47. The van der Waals surface area contributed by atoms with Crippen molar-refractivity contribution in [2.45, 2.75) is 18.9 Å². The Balaban J connectivity index is 1.73. The van der Waals surface area contributed by atoms with Crippen molar-refractivity contribution in [3.8, 4) is 0 Å². The van der Waals surface area contributed by atoms with E-state index in [9.17, 15) is 4.79 Å². The Hall–Kier alpha value is -0.810. The predicted molar refractivity (Wildman–Crippen MR) is 85.0 cm³/mol. The molecule has 1 fully saturated rings. The summed E-state index contributed by atoms with van der Waals surface area (Å²) in [6.45, 7) is 3.06. The van der Waals surface area contributed by atoms with Gasteiger partial charge in [0, 0.05) is 26.1 Å². The molecule has 2 rings (SSSR count). The lowest BCUT2D eigenvalue weighted by Crippen LogP contribution is -2.45. The zero-order chi connectivity index (χ0) is 15.2. The Kier molecular flexibility index (Phi) is 6.30.